The van der Waals surface area contributed by atoms with Crippen LogP contribution in [0.3, 0.4) is 0 Å². The van der Waals surface area contributed by atoms with Gasteiger partial charge < -0.3 is 9.42 Å². The van der Waals surface area contributed by atoms with E-state index in [1.807, 2.05) is 0 Å². The molecule has 0 aliphatic carbocycles. The Morgan fingerprint density at radius 1 is 0.625 bits per heavy atom. The van der Waals surface area contributed by atoms with E-state index < -0.39 is 7.60 Å². The van der Waals surface area contributed by atoms with Crippen molar-refractivity contribution >= 4 is 7.60 Å². The lowest BCUT2D eigenvalue weighted by Gasteiger charge is -2.10. The maximum absolute atomic E-state index is 11.5. The summed E-state index contributed by atoms with van der Waals surface area (Å²) in [5.41, 5.74) is 0. The number of rotatable bonds is 19. The van der Waals surface area contributed by atoms with E-state index in [0.29, 0.717) is 12.8 Å². The quantitative estimate of drug-likeness (QED) is 0.191. The molecule has 0 bridgehead atoms. The van der Waals surface area contributed by atoms with Gasteiger partial charge in [0.05, 0.1) is 6.61 Å². The van der Waals surface area contributed by atoms with Gasteiger partial charge >= 0.3 is 7.60 Å². The minimum Gasteiger partial charge on any atom is -0.324 e. The van der Waals surface area contributed by atoms with E-state index in [0.717, 1.165) is 12.8 Å². The Morgan fingerprint density at radius 3 is 1.29 bits per heavy atom. The summed E-state index contributed by atoms with van der Waals surface area (Å²) >= 11 is 0. The number of unbranched alkanes of at least 4 members (excludes halogenated alkanes) is 15. The first-order valence-electron chi connectivity index (χ1n) is 10.6. The number of hydrogen-bond donors (Lipinski definition) is 1. The summed E-state index contributed by atoms with van der Waals surface area (Å²) in [7, 11) is -3.28. The first-order valence-corrected chi connectivity index (χ1v) is 12.3. The lowest BCUT2D eigenvalue weighted by atomic mass is 10.0. The number of hydrogen-bond acceptors (Lipinski definition) is 2. The largest absolute Gasteiger partial charge is 0.328 e. The van der Waals surface area contributed by atoms with Crippen molar-refractivity contribution < 1.29 is 14.0 Å². The highest BCUT2D eigenvalue weighted by Gasteiger charge is 2.16. The molecule has 0 aliphatic rings. The molecule has 0 heterocycles. The highest BCUT2D eigenvalue weighted by molar-refractivity contribution is 7.52. The highest BCUT2D eigenvalue weighted by Crippen LogP contribution is 2.42. The van der Waals surface area contributed by atoms with Gasteiger partial charge in [0.2, 0.25) is 0 Å². The molecular weight excluding hydrogens is 319 g/mol. The molecule has 0 saturated carbocycles. The molecule has 0 rings (SSSR count). The minimum absolute atomic E-state index is 0.319. The van der Waals surface area contributed by atoms with Crippen LogP contribution >= 0.6 is 7.60 Å². The van der Waals surface area contributed by atoms with Crippen LogP contribution in [0.25, 0.3) is 0 Å². The summed E-state index contributed by atoms with van der Waals surface area (Å²) in [4.78, 5) is 9.46. The Balaban J connectivity index is 3.11. The molecule has 4 heteroatoms. The monoisotopic (exact) mass is 362 g/mol. The van der Waals surface area contributed by atoms with Crippen molar-refractivity contribution in [1.82, 2.24) is 0 Å². The van der Waals surface area contributed by atoms with Crippen molar-refractivity contribution in [2.24, 2.45) is 0 Å². The molecule has 146 valence electrons. The predicted octanol–water partition coefficient (Wildman–Crippen LogP) is 7.47. The van der Waals surface area contributed by atoms with Gasteiger partial charge in [-0.2, -0.15) is 0 Å². The van der Waals surface area contributed by atoms with Crippen LogP contribution in [0.2, 0.25) is 0 Å². The molecule has 3 nitrogen and oxygen atoms in total. The van der Waals surface area contributed by atoms with Gasteiger partial charge in [0.25, 0.3) is 0 Å². The highest BCUT2D eigenvalue weighted by atomic mass is 31.2. The van der Waals surface area contributed by atoms with Gasteiger partial charge in [0.1, 0.15) is 0 Å². The Kier molecular flexibility index (Phi) is 18.1. The molecule has 1 unspecified atom stereocenters. The lowest BCUT2D eigenvalue weighted by molar-refractivity contribution is 0.272. The van der Waals surface area contributed by atoms with E-state index in [1.54, 1.807) is 6.92 Å². The zero-order valence-corrected chi connectivity index (χ0v) is 17.3. The van der Waals surface area contributed by atoms with E-state index >= 15 is 0 Å². The Hall–Kier alpha value is 0.150. The lowest BCUT2D eigenvalue weighted by Crippen LogP contribution is -1.94. The van der Waals surface area contributed by atoms with Crippen molar-refractivity contribution in [1.29, 1.82) is 0 Å². The molecule has 0 aliphatic heterocycles. The summed E-state index contributed by atoms with van der Waals surface area (Å²) in [6, 6.07) is 0. The van der Waals surface area contributed by atoms with E-state index in [2.05, 4.69) is 6.92 Å². The topological polar surface area (TPSA) is 46.5 Å². The average Bonchev–Trinajstić information content (AvgIpc) is 2.54. The Labute approximate surface area is 151 Å². The molecule has 0 saturated heterocycles. The second kappa shape index (κ2) is 18.0. The fourth-order valence-corrected chi connectivity index (χ4v) is 4.28. The summed E-state index contributed by atoms with van der Waals surface area (Å²) < 4.78 is 16.4. The van der Waals surface area contributed by atoms with Gasteiger partial charge in [0.15, 0.2) is 0 Å². The smallest absolute Gasteiger partial charge is 0.324 e. The molecule has 24 heavy (non-hydrogen) atoms. The van der Waals surface area contributed by atoms with Crippen molar-refractivity contribution in [3.63, 3.8) is 0 Å². The van der Waals surface area contributed by atoms with Crippen LogP contribution in [0.5, 0.6) is 0 Å². The fraction of sp³-hybridized carbons (Fsp3) is 1.00. The van der Waals surface area contributed by atoms with E-state index in [9.17, 15) is 9.46 Å². The normalized spacial score (nSPS) is 14.0. The van der Waals surface area contributed by atoms with Crippen LogP contribution in [-0.2, 0) is 9.09 Å². The third-order valence-electron chi connectivity index (χ3n) is 4.63. The van der Waals surface area contributed by atoms with Crippen molar-refractivity contribution in [2.75, 3.05) is 12.8 Å². The standard InChI is InChI=1S/C20H43O3P/c1-3-5-6-7-8-9-10-11-12-13-14-15-16-17-18-19-20-24(21,22)23-4-2/h3-20H2,1-2H3,(H,21,22). The molecule has 0 aromatic heterocycles. The summed E-state index contributed by atoms with van der Waals surface area (Å²) in [6.07, 6.45) is 21.4. The third kappa shape index (κ3) is 18.5. The van der Waals surface area contributed by atoms with Gasteiger partial charge in [-0.15, -0.1) is 0 Å². The van der Waals surface area contributed by atoms with Crippen LogP contribution in [0.1, 0.15) is 117 Å². The van der Waals surface area contributed by atoms with Crippen LogP contribution in [-0.4, -0.2) is 17.7 Å². The summed E-state index contributed by atoms with van der Waals surface area (Å²) in [6.45, 7) is 4.36. The fourth-order valence-electron chi connectivity index (χ4n) is 3.13. The van der Waals surface area contributed by atoms with E-state index in [4.69, 9.17) is 4.52 Å². The Morgan fingerprint density at radius 2 is 0.958 bits per heavy atom. The van der Waals surface area contributed by atoms with Crippen LogP contribution in [0, 0.1) is 0 Å². The molecule has 0 spiro atoms. The van der Waals surface area contributed by atoms with Gasteiger partial charge in [-0.1, -0.05) is 103 Å². The first-order chi connectivity index (χ1) is 11.6. The second-order valence-electron chi connectivity index (χ2n) is 7.08. The minimum atomic E-state index is -3.28. The van der Waals surface area contributed by atoms with Crippen molar-refractivity contribution in [3.8, 4) is 0 Å². The zero-order chi connectivity index (χ0) is 17.9. The summed E-state index contributed by atoms with van der Waals surface area (Å²) in [5.74, 6) is 0. The van der Waals surface area contributed by atoms with Crippen LogP contribution in [0.4, 0.5) is 0 Å². The van der Waals surface area contributed by atoms with Crippen LogP contribution < -0.4 is 0 Å². The van der Waals surface area contributed by atoms with E-state index in [-0.39, 0.29) is 0 Å². The molecule has 0 radical (unpaired) electrons. The molecule has 1 N–H and O–H groups in total. The zero-order valence-electron chi connectivity index (χ0n) is 16.4. The molecule has 0 aromatic carbocycles. The molecule has 1 atom stereocenters. The van der Waals surface area contributed by atoms with E-state index in [1.165, 1.54) is 89.9 Å². The molecule has 0 aromatic rings. The summed E-state index contributed by atoms with van der Waals surface area (Å²) in [5, 5.41) is 0. The molecular formula is C20H43O3P. The maximum atomic E-state index is 11.5. The van der Waals surface area contributed by atoms with Gasteiger partial charge in [-0.25, -0.2) is 0 Å². The maximum Gasteiger partial charge on any atom is 0.328 e. The third-order valence-corrected chi connectivity index (χ3v) is 6.17. The van der Waals surface area contributed by atoms with Crippen molar-refractivity contribution in [3.05, 3.63) is 0 Å². The first kappa shape index (κ1) is 24.1. The Bertz CT molecular complexity index is 295. The van der Waals surface area contributed by atoms with Gasteiger partial charge in [-0.05, 0) is 13.3 Å². The predicted molar refractivity (Wildman–Crippen MR) is 106 cm³/mol. The molecule has 0 amide bonds. The SMILES string of the molecule is CCCCCCCCCCCCCCCCCCP(=O)(O)OCC. The van der Waals surface area contributed by atoms with Gasteiger partial charge in [0, 0.05) is 6.16 Å². The second-order valence-corrected chi connectivity index (χ2v) is 9.06. The molecule has 0 fully saturated rings. The van der Waals surface area contributed by atoms with Crippen LogP contribution in [0.15, 0.2) is 0 Å². The average molecular weight is 363 g/mol. The van der Waals surface area contributed by atoms with Crippen molar-refractivity contribution in [2.45, 2.75) is 117 Å². The van der Waals surface area contributed by atoms with Gasteiger partial charge in [-0.3, -0.25) is 4.57 Å².